The molecule has 3 aromatic rings. The topological polar surface area (TPSA) is 61.9 Å². The minimum atomic E-state index is -1.15. The summed E-state index contributed by atoms with van der Waals surface area (Å²) in [4.78, 5) is 29.9. The number of rotatable bonds is 5. The normalized spacial score (nSPS) is 18.8. The number of thioether (sulfide) groups is 1. The molecule has 0 aromatic heterocycles. The fourth-order valence-corrected chi connectivity index (χ4v) is 6.42. The van der Waals surface area contributed by atoms with Gasteiger partial charge < -0.3 is 15.0 Å². The van der Waals surface area contributed by atoms with Crippen LogP contribution in [0.2, 0.25) is 5.02 Å². The third kappa shape index (κ3) is 4.13. The molecule has 180 valence electrons. The summed E-state index contributed by atoms with van der Waals surface area (Å²) >= 11 is 7.91. The van der Waals surface area contributed by atoms with Gasteiger partial charge in [-0.05, 0) is 42.3 Å². The number of amides is 3. The van der Waals surface area contributed by atoms with E-state index in [1.807, 2.05) is 73.7 Å². The van der Waals surface area contributed by atoms with Gasteiger partial charge in [-0.25, -0.2) is 4.79 Å². The van der Waals surface area contributed by atoms with E-state index in [0.29, 0.717) is 36.2 Å². The molecule has 0 aliphatic carbocycles. The third-order valence-corrected chi connectivity index (χ3v) is 8.25. The Labute approximate surface area is 214 Å². The molecule has 0 bridgehead atoms. The van der Waals surface area contributed by atoms with Crippen molar-refractivity contribution in [2.75, 3.05) is 24.3 Å². The van der Waals surface area contributed by atoms with Crippen molar-refractivity contribution in [2.24, 2.45) is 0 Å². The van der Waals surface area contributed by atoms with E-state index < -0.39 is 4.87 Å². The number of ether oxygens (including phenoxy) is 1. The molecule has 1 atom stereocenters. The van der Waals surface area contributed by atoms with E-state index in [9.17, 15) is 9.59 Å². The molecule has 1 saturated heterocycles. The summed E-state index contributed by atoms with van der Waals surface area (Å²) in [6.45, 7) is 3.19. The lowest BCUT2D eigenvalue weighted by Crippen LogP contribution is -2.53. The van der Waals surface area contributed by atoms with Crippen LogP contribution in [0.4, 0.5) is 10.5 Å². The largest absolute Gasteiger partial charge is 0.497 e. The fraction of sp³-hybridized carbons (Fsp3) is 0.259. The summed E-state index contributed by atoms with van der Waals surface area (Å²) in [5.74, 6) is 1.15. The second kappa shape index (κ2) is 9.47. The Balaban J connectivity index is 1.49. The number of urea groups is 1. The number of hydrogen-bond donors (Lipinski definition) is 1. The molecule has 2 heterocycles. The number of nitrogens with one attached hydrogen (secondary N) is 1. The summed E-state index contributed by atoms with van der Waals surface area (Å²) < 4.78 is 5.48. The second-order valence-corrected chi connectivity index (χ2v) is 10.4. The Morgan fingerprint density at radius 1 is 1.14 bits per heavy atom. The maximum atomic E-state index is 14.1. The van der Waals surface area contributed by atoms with E-state index in [0.717, 1.165) is 27.9 Å². The lowest BCUT2D eigenvalue weighted by Gasteiger charge is -2.33. The van der Waals surface area contributed by atoms with Gasteiger partial charge >= 0.3 is 6.03 Å². The van der Waals surface area contributed by atoms with Crippen LogP contribution in [0.15, 0.2) is 66.7 Å². The van der Waals surface area contributed by atoms with Gasteiger partial charge in [0.1, 0.15) is 5.75 Å². The number of fused-ring (bicyclic) bond motifs is 2. The average molecular weight is 508 g/mol. The summed E-state index contributed by atoms with van der Waals surface area (Å²) in [6, 6.07) is 20.9. The van der Waals surface area contributed by atoms with Gasteiger partial charge in [-0.2, -0.15) is 0 Å². The maximum absolute atomic E-state index is 14.1. The highest BCUT2D eigenvalue weighted by molar-refractivity contribution is 8.01. The predicted molar refractivity (Wildman–Crippen MR) is 140 cm³/mol. The monoisotopic (exact) mass is 507 g/mol. The minimum Gasteiger partial charge on any atom is -0.497 e. The number of hydrogen-bond acceptors (Lipinski definition) is 4. The number of methoxy groups -OCH3 is 1. The lowest BCUT2D eigenvalue weighted by molar-refractivity contribution is -0.123. The summed E-state index contributed by atoms with van der Waals surface area (Å²) in [5, 5.41) is 3.62. The highest BCUT2D eigenvalue weighted by atomic mass is 35.5. The van der Waals surface area contributed by atoms with Crippen LogP contribution in [0.25, 0.3) is 0 Å². The zero-order valence-corrected chi connectivity index (χ0v) is 21.2. The molecular weight excluding hydrogens is 482 g/mol. The van der Waals surface area contributed by atoms with Crippen molar-refractivity contribution in [3.8, 4) is 5.75 Å². The van der Waals surface area contributed by atoms with Gasteiger partial charge in [0.05, 0.1) is 19.3 Å². The third-order valence-electron chi connectivity index (χ3n) is 6.46. The van der Waals surface area contributed by atoms with Gasteiger partial charge in [-0.3, -0.25) is 9.69 Å². The highest BCUT2D eigenvalue weighted by Crippen LogP contribution is 2.55. The molecule has 35 heavy (non-hydrogen) atoms. The fourth-order valence-electron chi connectivity index (χ4n) is 4.77. The number of aryl methyl sites for hydroxylation is 1. The smallest absolute Gasteiger partial charge is 0.319 e. The van der Waals surface area contributed by atoms with Crippen LogP contribution in [0, 0.1) is 6.92 Å². The van der Waals surface area contributed by atoms with E-state index in [2.05, 4.69) is 5.32 Å². The zero-order chi connectivity index (χ0) is 24.6. The first-order chi connectivity index (χ1) is 16.9. The SMILES string of the molecule is COc1ccc2c(c1)[C@]1(SCCN1C(=O)NCc1cccc(C)c1)C(=O)N2Cc1ccccc1Cl. The van der Waals surface area contributed by atoms with Crippen LogP contribution in [0.1, 0.15) is 22.3 Å². The molecule has 0 saturated carbocycles. The first-order valence-electron chi connectivity index (χ1n) is 11.4. The molecule has 2 aliphatic heterocycles. The van der Waals surface area contributed by atoms with E-state index in [1.54, 1.807) is 16.9 Å². The number of benzene rings is 3. The van der Waals surface area contributed by atoms with Crippen molar-refractivity contribution >= 4 is 41.0 Å². The molecule has 3 amide bonds. The molecule has 3 aromatic carbocycles. The number of anilines is 1. The van der Waals surface area contributed by atoms with Crippen LogP contribution in [-0.2, 0) is 22.8 Å². The number of nitrogens with zero attached hydrogens (tertiary/aromatic N) is 2. The van der Waals surface area contributed by atoms with Crippen molar-refractivity contribution in [3.05, 3.63) is 94.0 Å². The van der Waals surface area contributed by atoms with Crippen LogP contribution in [0.3, 0.4) is 0 Å². The second-order valence-electron chi connectivity index (χ2n) is 8.66. The Bertz CT molecular complexity index is 1300. The van der Waals surface area contributed by atoms with Gasteiger partial charge in [0.2, 0.25) is 0 Å². The Morgan fingerprint density at radius 3 is 2.74 bits per heavy atom. The van der Waals surface area contributed by atoms with Crippen LogP contribution in [0.5, 0.6) is 5.75 Å². The minimum absolute atomic E-state index is 0.145. The van der Waals surface area contributed by atoms with Crippen molar-refractivity contribution in [1.82, 2.24) is 10.2 Å². The highest BCUT2D eigenvalue weighted by Gasteiger charge is 2.59. The van der Waals surface area contributed by atoms with Gasteiger partial charge in [0, 0.05) is 29.4 Å². The van der Waals surface area contributed by atoms with Crippen molar-refractivity contribution in [1.29, 1.82) is 0 Å². The Morgan fingerprint density at radius 2 is 1.97 bits per heavy atom. The first-order valence-corrected chi connectivity index (χ1v) is 12.8. The van der Waals surface area contributed by atoms with Gasteiger partial charge in [-0.1, -0.05) is 59.6 Å². The van der Waals surface area contributed by atoms with Crippen molar-refractivity contribution in [2.45, 2.75) is 24.9 Å². The van der Waals surface area contributed by atoms with Crippen LogP contribution >= 0.6 is 23.4 Å². The number of halogens is 1. The van der Waals surface area contributed by atoms with Gasteiger partial charge in [0.25, 0.3) is 5.91 Å². The van der Waals surface area contributed by atoms with E-state index in [4.69, 9.17) is 16.3 Å². The molecule has 0 radical (unpaired) electrons. The zero-order valence-electron chi connectivity index (χ0n) is 19.6. The van der Waals surface area contributed by atoms with Gasteiger partial charge in [-0.15, -0.1) is 11.8 Å². The van der Waals surface area contributed by atoms with Crippen LogP contribution < -0.4 is 15.0 Å². The predicted octanol–water partition coefficient (Wildman–Crippen LogP) is 5.32. The summed E-state index contributed by atoms with van der Waals surface area (Å²) in [5.41, 5.74) is 4.52. The Hall–Kier alpha value is -3.16. The standard InChI is InChI=1S/C27H26ClN3O3S/c1-18-6-5-7-19(14-18)16-29-26(33)31-12-13-35-27(31)22-15-21(34-2)10-11-24(22)30(25(27)32)17-20-8-3-4-9-23(20)28/h3-11,14-15H,12-13,16-17H2,1-2H3,(H,29,33)/t27-/m0/s1. The Kier molecular flexibility index (Phi) is 6.38. The molecule has 0 unspecified atom stereocenters. The van der Waals surface area contributed by atoms with E-state index >= 15 is 0 Å². The number of carbonyl (C=O) groups is 2. The average Bonchev–Trinajstić information content (AvgIpc) is 3.40. The van der Waals surface area contributed by atoms with Crippen molar-refractivity contribution in [3.63, 3.8) is 0 Å². The lowest BCUT2D eigenvalue weighted by atomic mass is 10.1. The molecule has 5 rings (SSSR count). The van der Waals surface area contributed by atoms with Crippen molar-refractivity contribution < 1.29 is 14.3 Å². The first kappa shape index (κ1) is 23.6. The van der Waals surface area contributed by atoms with Crippen LogP contribution in [-0.4, -0.2) is 36.2 Å². The summed E-state index contributed by atoms with van der Waals surface area (Å²) in [7, 11) is 1.60. The summed E-state index contributed by atoms with van der Waals surface area (Å²) in [6.07, 6.45) is 0. The molecule has 1 N–H and O–H groups in total. The molecule has 6 nitrogen and oxygen atoms in total. The maximum Gasteiger partial charge on any atom is 0.319 e. The molecular formula is C27H26ClN3O3S. The molecule has 8 heteroatoms. The van der Waals surface area contributed by atoms with Gasteiger partial charge in [0.15, 0.2) is 4.87 Å². The van der Waals surface area contributed by atoms with E-state index in [-0.39, 0.29) is 11.9 Å². The number of carbonyl (C=O) groups excluding carboxylic acids is 2. The molecule has 1 spiro atoms. The van der Waals surface area contributed by atoms with E-state index in [1.165, 1.54) is 11.8 Å². The molecule has 2 aliphatic rings. The quantitative estimate of drug-likeness (QED) is 0.508. The molecule has 1 fully saturated rings.